The molecular weight excluding hydrogens is 741 g/mol. The number of hydrogen-bond donors (Lipinski definition) is 0. The Bertz CT molecular complexity index is 3480. The van der Waals surface area contributed by atoms with Crippen LogP contribution in [0.3, 0.4) is 0 Å². The summed E-state index contributed by atoms with van der Waals surface area (Å²) >= 11 is 0. The average Bonchev–Trinajstić information content (AvgIpc) is 3.88. The van der Waals surface area contributed by atoms with Gasteiger partial charge >= 0.3 is 0 Å². The summed E-state index contributed by atoms with van der Waals surface area (Å²) in [6.45, 7) is 0. The molecule has 0 aliphatic heterocycles. The van der Waals surface area contributed by atoms with Gasteiger partial charge in [0.15, 0.2) is 5.58 Å². The van der Waals surface area contributed by atoms with E-state index in [1.165, 1.54) is 54.9 Å². The number of nitrogens with zero attached hydrogens (tertiary/aromatic N) is 2. The van der Waals surface area contributed by atoms with Crippen molar-refractivity contribution < 1.29 is 4.42 Å². The van der Waals surface area contributed by atoms with E-state index in [4.69, 9.17) is 4.42 Å². The highest BCUT2D eigenvalue weighted by atomic mass is 16.3. The van der Waals surface area contributed by atoms with Crippen LogP contribution in [0.15, 0.2) is 235 Å². The molecule has 0 fully saturated rings. The smallest absolute Gasteiger partial charge is 0.159 e. The molecule has 10 aromatic carbocycles. The van der Waals surface area contributed by atoms with E-state index in [-0.39, 0.29) is 0 Å². The van der Waals surface area contributed by atoms with Gasteiger partial charge in [-0.3, -0.25) is 0 Å². The number of anilines is 3. The zero-order valence-corrected chi connectivity index (χ0v) is 33.2. The summed E-state index contributed by atoms with van der Waals surface area (Å²) in [6.07, 6.45) is 0. The van der Waals surface area contributed by atoms with Gasteiger partial charge < -0.3 is 13.9 Å². The quantitative estimate of drug-likeness (QED) is 0.161. The molecule has 3 heteroatoms. The molecule has 0 aliphatic rings. The standard InChI is InChI=1S/C58H38N2O/c1-3-14-39(15-4-1)41-28-33-44(34-29-41)59(45-35-30-42(31-36-45)40-16-5-2-6-17-40)53-25-12-21-47-46(20-11-22-48(47)53)43-32-37-55-52(38-43)49-18-7-9-24-54(49)60(55)56-26-13-23-51-50-19-8-10-27-57(50)61-58(51)56/h1-38H. The van der Waals surface area contributed by atoms with Gasteiger partial charge in [0.2, 0.25) is 0 Å². The third-order valence-electron chi connectivity index (χ3n) is 12.2. The molecule has 0 radical (unpaired) electrons. The van der Waals surface area contributed by atoms with Crippen LogP contribution < -0.4 is 4.90 Å². The van der Waals surface area contributed by atoms with Crippen molar-refractivity contribution >= 4 is 71.6 Å². The predicted octanol–water partition coefficient (Wildman–Crippen LogP) is 16.3. The van der Waals surface area contributed by atoms with Crippen molar-refractivity contribution in [1.29, 1.82) is 0 Å². The van der Waals surface area contributed by atoms with Crippen molar-refractivity contribution in [2.45, 2.75) is 0 Å². The Kier molecular flexibility index (Phi) is 8.17. The van der Waals surface area contributed by atoms with E-state index in [0.717, 1.165) is 55.7 Å². The first-order chi connectivity index (χ1) is 30.3. The Morgan fingerprint density at radius 3 is 1.57 bits per heavy atom. The Labute approximate surface area is 353 Å². The van der Waals surface area contributed by atoms with Crippen LogP contribution >= 0.6 is 0 Å². The molecule has 0 atom stereocenters. The topological polar surface area (TPSA) is 21.3 Å². The van der Waals surface area contributed by atoms with Crippen LogP contribution in [0, 0.1) is 0 Å². The molecule has 0 amide bonds. The molecule has 2 aromatic heterocycles. The number of para-hydroxylation sites is 3. The van der Waals surface area contributed by atoms with Gasteiger partial charge in [-0.1, -0.05) is 170 Å². The van der Waals surface area contributed by atoms with Crippen LogP contribution in [0.2, 0.25) is 0 Å². The fraction of sp³-hybridized carbons (Fsp3) is 0. The highest BCUT2D eigenvalue weighted by Gasteiger charge is 2.20. The Morgan fingerprint density at radius 2 is 0.852 bits per heavy atom. The van der Waals surface area contributed by atoms with Crippen molar-refractivity contribution in [3.63, 3.8) is 0 Å². The van der Waals surface area contributed by atoms with Crippen LogP contribution in [-0.4, -0.2) is 4.57 Å². The van der Waals surface area contributed by atoms with Crippen LogP contribution in [0.1, 0.15) is 0 Å². The molecule has 0 bridgehead atoms. The molecule has 3 nitrogen and oxygen atoms in total. The van der Waals surface area contributed by atoms with Gasteiger partial charge in [0.25, 0.3) is 0 Å². The Morgan fingerprint density at radius 1 is 0.328 bits per heavy atom. The lowest BCUT2D eigenvalue weighted by molar-refractivity contribution is 0.666. The Hall–Kier alpha value is -8.14. The third kappa shape index (κ3) is 5.82. The fourth-order valence-corrected chi connectivity index (χ4v) is 9.34. The Balaban J connectivity index is 1.01. The third-order valence-corrected chi connectivity index (χ3v) is 12.2. The van der Waals surface area contributed by atoms with Gasteiger partial charge in [0.1, 0.15) is 5.58 Å². The first-order valence-corrected chi connectivity index (χ1v) is 20.8. The molecule has 12 aromatic rings. The number of benzene rings is 10. The molecule has 0 saturated heterocycles. The van der Waals surface area contributed by atoms with E-state index in [1.807, 2.05) is 6.07 Å². The highest BCUT2D eigenvalue weighted by molar-refractivity contribution is 6.14. The van der Waals surface area contributed by atoms with Gasteiger partial charge in [-0.25, -0.2) is 0 Å². The summed E-state index contributed by atoms with van der Waals surface area (Å²) in [5.41, 5.74) is 15.6. The summed E-state index contributed by atoms with van der Waals surface area (Å²) in [5.74, 6) is 0. The molecule has 0 spiro atoms. The van der Waals surface area contributed by atoms with E-state index in [2.05, 4.69) is 234 Å². The minimum atomic E-state index is 0.894. The second-order valence-electron chi connectivity index (χ2n) is 15.7. The van der Waals surface area contributed by atoms with Gasteiger partial charge in [0, 0.05) is 38.3 Å². The van der Waals surface area contributed by atoms with E-state index >= 15 is 0 Å². The number of furan rings is 1. The monoisotopic (exact) mass is 778 g/mol. The molecule has 0 aliphatic carbocycles. The lowest BCUT2D eigenvalue weighted by atomic mass is 9.95. The minimum absolute atomic E-state index is 0.894. The molecular formula is C58H38N2O. The minimum Gasteiger partial charge on any atom is -0.454 e. The number of hydrogen-bond acceptors (Lipinski definition) is 2. The van der Waals surface area contributed by atoms with Crippen LogP contribution in [0.25, 0.3) is 93.6 Å². The summed E-state index contributed by atoms with van der Waals surface area (Å²) < 4.78 is 8.93. The lowest BCUT2D eigenvalue weighted by Crippen LogP contribution is -2.10. The average molecular weight is 779 g/mol. The molecule has 12 rings (SSSR count). The van der Waals surface area contributed by atoms with Crippen LogP contribution in [0.4, 0.5) is 17.1 Å². The maximum atomic E-state index is 6.57. The summed E-state index contributed by atoms with van der Waals surface area (Å²) in [7, 11) is 0. The fourth-order valence-electron chi connectivity index (χ4n) is 9.34. The van der Waals surface area contributed by atoms with Gasteiger partial charge in [-0.2, -0.15) is 0 Å². The first-order valence-electron chi connectivity index (χ1n) is 20.8. The van der Waals surface area contributed by atoms with E-state index < -0.39 is 0 Å². The van der Waals surface area contributed by atoms with Crippen molar-refractivity contribution in [3.8, 4) is 39.1 Å². The van der Waals surface area contributed by atoms with Crippen LogP contribution in [0.5, 0.6) is 0 Å². The van der Waals surface area contributed by atoms with E-state index in [9.17, 15) is 0 Å². The van der Waals surface area contributed by atoms with E-state index in [0.29, 0.717) is 0 Å². The molecule has 0 saturated carbocycles. The second-order valence-corrected chi connectivity index (χ2v) is 15.7. The van der Waals surface area contributed by atoms with Crippen molar-refractivity contribution in [3.05, 3.63) is 231 Å². The van der Waals surface area contributed by atoms with Gasteiger partial charge in [-0.15, -0.1) is 0 Å². The number of rotatable bonds is 7. The maximum absolute atomic E-state index is 6.57. The largest absolute Gasteiger partial charge is 0.454 e. The van der Waals surface area contributed by atoms with Crippen molar-refractivity contribution in [2.75, 3.05) is 4.90 Å². The number of aromatic nitrogens is 1. The van der Waals surface area contributed by atoms with Crippen LogP contribution in [-0.2, 0) is 0 Å². The predicted molar refractivity (Wildman–Crippen MR) is 257 cm³/mol. The van der Waals surface area contributed by atoms with Gasteiger partial charge in [-0.05, 0) is 99.4 Å². The first kappa shape index (κ1) is 34.9. The summed E-state index contributed by atoms with van der Waals surface area (Å²) in [4.78, 5) is 2.39. The summed E-state index contributed by atoms with van der Waals surface area (Å²) in [6, 6.07) is 82.9. The van der Waals surface area contributed by atoms with Crippen molar-refractivity contribution in [2.24, 2.45) is 0 Å². The highest BCUT2D eigenvalue weighted by Crippen LogP contribution is 2.44. The normalized spacial score (nSPS) is 11.6. The van der Waals surface area contributed by atoms with Gasteiger partial charge in [0.05, 0.1) is 22.4 Å². The molecule has 0 unspecified atom stereocenters. The maximum Gasteiger partial charge on any atom is 0.159 e. The molecule has 61 heavy (non-hydrogen) atoms. The zero-order chi connectivity index (χ0) is 40.3. The SMILES string of the molecule is c1ccc(-c2ccc(N(c3ccc(-c4ccccc4)cc3)c3cccc4c(-c5ccc6c(c5)c5ccccc5n6-c5cccc6c5oc5ccccc56)cccc34)cc2)cc1. The molecule has 286 valence electrons. The zero-order valence-electron chi connectivity index (χ0n) is 33.2. The van der Waals surface area contributed by atoms with Crippen molar-refractivity contribution in [1.82, 2.24) is 4.57 Å². The number of fused-ring (bicyclic) bond motifs is 7. The van der Waals surface area contributed by atoms with E-state index in [1.54, 1.807) is 0 Å². The lowest BCUT2D eigenvalue weighted by Gasteiger charge is -2.27. The molecule has 0 N–H and O–H groups in total. The molecule has 2 heterocycles. The summed E-state index contributed by atoms with van der Waals surface area (Å²) in [5, 5.41) is 7.03. The second kappa shape index (κ2) is 14.3.